The molecule has 0 amide bonds. The third-order valence-electron chi connectivity index (χ3n) is 3.91. The van der Waals surface area contributed by atoms with Gasteiger partial charge in [0.25, 0.3) is 10.0 Å². The Kier molecular flexibility index (Phi) is 5.63. The summed E-state index contributed by atoms with van der Waals surface area (Å²) in [6.45, 7) is 3.36. The Bertz CT molecular complexity index is 748. The second-order valence-corrected chi connectivity index (χ2v) is 8.56. The highest BCUT2D eigenvalue weighted by molar-refractivity contribution is 7.91. The van der Waals surface area contributed by atoms with Crippen molar-refractivity contribution in [1.29, 1.82) is 0 Å². The Morgan fingerprint density at radius 2 is 1.58 bits per heavy atom. The maximum Gasteiger partial charge on any atom is 0.348 e. The van der Waals surface area contributed by atoms with E-state index in [0.29, 0.717) is 26.2 Å². The van der Waals surface area contributed by atoms with Gasteiger partial charge in [0, 0.05) is 26.2 Å². The number of esters is 2. The van der Waals surface area contributed by atoms with Gasteiger partial charge in [-0.05, 0) is 19.5 Å². The van der Waals surface area contributed by atoms with Crippen LogP contribution in [-0.2, 0) is 19.5 Å². The van der Waals surface area contributed by atoms with Crippen LogP contribution in [0.3, 0.4) is 0 Å². The van der Waals surface area contributed by atoms with Gasteiger partial charge in [-0.25, -0.2) is 18.0 Å². The quantitative estimate of drug-likeness (QED) is 0.709. The van der Waals surface area contributed by atoms with Gasteiger partial charge in [0.05, 0.1) is 19.8 Å². The largest absolute Gasteiger partial charge is 0.465 e. The molecule has 0 saturated carbocycles. The molecule has 1 aromatic rings. The van der Waals surface area contributed by atoms with Gasteiger partial charge >= 0.3 is 11.9 Å². The fraction of sp³-hybridized carbons (Fsp3) is 0.571. The molecule has 0 N–H and O–H groups in total. The van der Waals surface area contributed by atoms with E-state index in [0.717, 1.165) is 11.3 Å². The van der Waals surface area contributed by atoms with Crippen LogP contribution < -0.4 is 0 Å². The molecule has 0 radical (unpaired) electrons. The van der Waals surface area contributed by atoms with Crippen molar-refractivity contribution in [2.24, 2.45) is 0 Å². The third kappa shape index (κ3) is 3.32. The lowest BCUT2D eigenvalue weighted by atomic mass is 10.2. The summed E-state index contributed by atoms with van der Waals surface area (Å²) < 4.78 is 36.5. The molecular formula is C14H20N2O6S2. The van der Waals surface area contributed by atoms with Crippen LogP contribution in [0.2, 0.25) is 0 Å². The van der Waals surface area contributed by atoms with Crippen LogP contribution >= 0.6 is 11.3 Å². The number of hydrogen-bond acceptors (Lipinski definition) is 8. The van der Waals surface area contributed by atoms with Crippen LogP contribution in [0.4, 0.5) is 0 Å². The smallest absolute Gasteiger partial charge is 0.348 e. The normalized spacial score (nSPS) is 16.8. The molecular weight excluding hydrogens is 356 g/mol. The molecule has 2 heterocycles. The Labute approximate surface area is 145 Å². The van der Waals surface area contributed by atoms with Gasteiger partial charge in [-0.1, -0.05) is 0 Å². The van der Waals surface area contributed by atoms with Crippen molar-refractivity contribution >= 4 is 33.3 Å². The van der Waals surface area contributed by atoms with E-state index in [1.165, 1.54) is 25.4 Å². The molecule has 134 valence electrons. The standard InChI is InChI=1S/C14H20N2O6S2/c1-9-10(12(17)21-3)14(23-11(9)13(18)22-4)24(19,20)16-7-5-15(2)6-8-16/h5-8H2,1-4H3. The fourth-order valence-corrected chi connectivity index (χ4v) is 5.75. The van der Waals surface area contributed by atoms with Crippen molar-refractivity contribution in [3.8, 4) is 0 Å². The molecule has 2 rings (SSSR count). The monoisotopic (exact) mass is 376 g/mol. The summed E-state index contributed by atoms with van der Waals surface area (Å²) in [6.07, 6.45) is 0. The number of carbonyl (C=O) groups is 2. The fourth-order valence-electron chi connectivity index (χ4n) is 2.44. The predicted octanol–water partition coefficient (Wildman–Crippen LogP) is 0.566. The molecule has 1 aliphatic heterocycles. The topological polar surface area (TPSA) is 93.2 Å². The second-order valence-electron chi connectivity index (χ2n) is 5.41. The third-order valence-corrected chi connectivity index (χ3v) is 7.58. The van der Waals surface area contributed by atoms with Gasteiger partial charge in [0.2, 0.25) is 0 Å². The number of piperazine rings is 1. The molecule has 0 atom stereocenters. The Balaban J connectivity index is 2.55. The van der Waals surface area contributed by atoms with Crippen LogP contribution in [0.25, 0.3) is 0 Å². The average molecular weight is 376 g/mol. The highest BCUT2D eigenvalue weighted by Crippen LogP contribution is 2.35. The minimum atomic E-state index is -3.90. The number of rotatable bonds is 4. The molecule has 8 nitrogen and oxygen atoms in total. The van der Waals surface area contributed by atoms with Crippen molar-refractivity contribution in [3.05, 3.63) is 16.0 Å². The van der Waals surface area contributed by atoms with Crippen molar-refractivity contribution in [2.45, 2.75) is 11.1 Å². The molecule has 0 bridgehead atoms. The predicted molar refractivity (Wildman–Crippen MR) is 88.0 cm³/mol. The molecule has 0 spiro atoms. The molecule has 0 aliphatic carbocycles. The summed E-state index contributed by atoms with van der Waals surface area (Å²) in [6, 6.07) is 0. The summed E-state index contributed by atoms with van der Waals surface area (Å²) >= 11 is 0.745. The van der Waals surface area contributed by atoms with E-state index in [-0.39, 0.29) is 20.2 Å². The number of likely N-dealkylation sites (N-methyl/N-ethyl adjacent to an activating group) is 1. The maximum absolute atomic E-state index is 13.0. The molecule has 10 heteroatoms. The zero-order chi connectivity index (χ0) is 18.1. The number of methoxy groups -OCH3 is 2. The van der Waals surface area contributed by atoms with Gasteiger partial charge in [0.15, 0.2) is 4.21 Å². The van der Waals surface area contributed by atoms with Crippen molar-refractivity contribution < 1.29 is 27.5 Å². The zero-order valence-electron chi connectivity index (χ0n) is 14.0. The minimum absolute atomic E-state index is 0.0885. The summed E-state index contributed by atoms with van der Waals surface area (Å²) in [7, 11) is 0.386. The number of sulfonamides is 1. The van der Waals surface area contributed by atoms with Crippen LogP contribution in [-0.4, -0.2) is 77.0 Å². The molecule has 1 fully saturated rings. The number of thiophene rings is 1. The number of ether oxygens (including phenoxy) is 2. The summed E-state index contributed by atoms with van der Waals surface area (Å²) in [4.78, 5) is 26.1. The first kappa shape index (κ1) is 18.8. The Morgan fingerprint density at radius 1 is 1.04 bits per heavy atom. The van der Waals surface area contributed by atoms with E-state index in [4.69, 9.17) is 4.74 Å². The summed E-state index contributed by atoms with van der Waals surface area (Å²) in [5.41, 5.74) is 0.160. The van der Waals surface area contributed by atoms with Gasteiger partial charge in [-0.2, -0.15) is 4.31 Å². The SMILES string of the molecule is COC(=O)c1sc(S(=O)(=O)N2CCN(C)CC2)c(C(=O)OC)c1C. The lowest BCUT2D eigenvalue weighted by Crippen LogP contribution is -2.47. The van der Waals surface area contributed by atoms with Gasteiger partial charge in [-0.3, -0.25) is 0 Å². The van der Waals surface area contributed by atoms with Crippen molar-refractivity contribution in [2.75, 3.05) is 47.4 Å². The highest BCUT2D eigenvalue weighted by Gasteiger charge is 2.36. The number of hydrogen-bond donors (Lipinski definition) is 0. The lowest BCUT2D eigenvalue weighted by Gasteiger charge is -2.31. The van der Waals surface area contributed by atoms with E-state index in [9.17, 15) is 18.0 Å². The molecule has 24 heavy (non-hydrogen) atoms. The molecule has 0 unspecified atom stereocenters. The van der Waals surface area contributed by atoms with Crippen LogP contribution in [0.1, 0.15) is 25.6 Å². The minimum Gasteiger partial charge on any atom is -0.465 e. The van der Waals surface area contributed by atoms with Crippen LogP contribution in [0.15, 0.2) is 4.21 Å². The van der Waals surface area contributed by atoms with E-state index >= 15 is 0 Å². The van der Waals surface area contributed by atoms with Gasteiger partial charge in [0.1, 0.15) is 4.88 Å². The van der Waals surface area contributed by atoms with E-state index in [1.807, 2.05) is 11.9 Å². The first-order valence-electron chi connectivity index (χ1n) is 7.22. The van der Waals surface area contributed by atoms with E-state index in [1.54, 1.807) is 0 Å². The zero-order valence-corrected chi connectivity index (χ0v) is 15.6. The Morgan fingerprint density at radius 3 is 2.08 bits per heavy atom. The van der Waals surface area contributed by atoms with Gasteiger partial charge < -0.3 is 14.4 Å². The average Bonchev–Trinajstić information content (AvgIpc) is 2.92. The Hall–Kier alpha value is -1.49. The van der Waals surface area contributed by atoms with Crippen molar-refractivity contribution in [1.82, 2.24) is 9.21 Å². The van der Waals surface area contributed by atoms with Crippen LogP contribution in [0.5, 0.6) is 0 Å². The van der Waals surface area contributed by atoms with Crippen molar-refractivity contribution in [3.63, 3.8) is 0 Å². The number of nitrogens with zero attached hydrogens (tertiary/aromatic N) is 2. The first-order valence-corrected chi connectivity index (χ1v) is 9.48. The number of carbonyl (C=O) groups excluding carboxylic acids is 2. The molecule has 1 aromatic heterocycles. The van der Waals surface area contributed by atoms with Crippen LogP contribution in [0, 0.1) is 6.92 Å². The molecule has 1 aliphatic rings. The summed E-state index contributed by atoms with van der Waals surface area (Å²) in [5.74, 6) is -1.46. The van der Waals surface area contributed by atoms with E-state index < -0.39 is 22.0 Å². The summed E-state index contributed by atoms with van der Waals surface area (Å²) in [5, 5.41) is 0. The maximum atomic E-state index is 13.0. The molecule has 1 saturated heterocycles. The highest BCUT2D eigenvalue weighted by atomic mass is 32.2. The van der Waals surface area contributed by atoms with E-state index in [2.05, 4.69) is 4.74 Å². The first-order chi connectivity index (χ1) is 11.2. The molecule has 0 aromatic carbocycles. The van der Waals surface area contributed by atoms with Gasteiger partial charge in [-0.15, -0.1) is 11.3 Å². The second kappa shape index (κ2) is 7.18. The lowest BCUT2D eigenvalue weighted by molar-refractivity contribution is 0.0596.